The molecule has 2 atom stereocenters. The molecule has 8 heteroatoms. The van der Waals surface area contributed by atoms with Gasteiger partial charge in [0.05, 0.1) is 5.92 Å². The minimum absolute atomic E-state index is 0.0226. The van der Waals surface area contributed by atoms with Crippen molar-refractivity contribution in [2.75, 3.05) is 13.1 Å². The second-order valence-electron chi connectivity index (χ2n) is 5.61. The maximum Gasteiger partial charge on any atom is 0.306 e. The van der Waals surface area contributed by atoms with Crippen LogP contribution in [0, 0.1) is 30.4 Å². The Morgan fingerprint density at radius 1 is 1.32 bits per heavy atom. The van der Waals surface area contributed by atoms with Gasteiger partial charge in [0.2, 0.25) is 10.0 Å². The third-order valence-electron chi connectivity index (χ3n) is 4.02. The van der Waals surface area contributed by atoms with E-state index < -0.39 is 44.4 Å². The van der Waals surface area contributed by atoms with Gasteiger partial charge >= 0.3 is 5.97 Å². The Morgan fingerprint density at radius 2 is 1.95 bits per heavy atom. The molecule has 2 rings (SSSR count). The summed E-state index contributed by atoms with van der Waals surface area (Å²) in [6.45, 7) is 2.91. The smallest absolute Gasteiger partial charge is 0.306 e. The average Bonchev–Trinajstić information content (AvgIpc) is 2.42. The molecule has 0 spiro atoms. The van der Waals surface area contributed by atoms with E-state index in [0.29, 0.717) is 6.07 Å². The highest BCUT2D eigenvalue weighted by Crippen LogP contribution is 2.29. The molecule has 1 heterocycles. The molecule has 1 aromatic carbocycles. The number of nitrogens with zero attached hydrogens (tertiary/aromatic N) is 1. The van der Waals surface area contributed by atoms with E-state index in [-0.39, 0.29) is 25.1 Å². The molecular formula is C14H17F2NO4S. The third kappa shape index (κ3) is 2.98. The van der Waals surface area contributed by atoms with Crippen molar-refractivity contribution in [3.8, 4) is 0 Å². The summed E-state index contributed by atoms with van der Waals surface area (Å²) in [4.78, 5) is 10.3. The van der Waals surface area contributed by atoms with E-state index in [1.165, 1.54) is 6.92 Å². The average molecular weight is 333 g/mol. The lowest BCUT2D eigenvalue weighted by molar-refractivity contribution is -0.144. The lowest BCUT2D eigenvalue weighted by Gasteiger charge is -2.34. The number of carboxylic acids is 1. The second-order valence-corrected chi connectivity index (χ2v) is 7.51. The van der Waals surface area contributed by atoms with E-state index in [1.807, 2.05) is 0 Å². The molecular weight excluding hydrogens is 316 g/mol. The van der Waals surface area contributed by atoms with Gasteiger partial charge in [-0.25, -0.2) is 17.2 Å². The molecule has 1 aliphatic rings. The summed E-state index contributed by atoms with van der Waals surface area (Å²) in [5.41, 5.74) is 0.0226. The number of aliphatic carboxylic acids is 1. The first-order valence-electron chi connectivity index (χ1n) is 6.83. The minimum atomic E-state index is -4.19. The zero-order chi connectivity index (χ0) is 16.7. The van der Waals surface area contributed by atoms with Gasteiger partial charge in [-0.1, -0.05) is 6.92 Å². The predicted molar refractivity (Wildman–Crippen MR) is 74.8 cm³/mol. The summed E-state index contributed by atoms with van der Waals surface area (Å²) in [5, 5.41) is 9.05. The van der Waals surface area contributed by atoms with Crippen LogP contribution in [0.3, 0.4) is 0 Å². The molecule has 5 nitrogen and oxygen atoms in total. The lowest BCUT2D eigenvalue weighted by atomic mass is 9.88. The molecule has 0 bridgehead atoms. The van der Waals surface area contributed by atoms with Crippen LogP contribution in [0.2, 0.25) is 0 Å². The van der Waals surface area contributed by atoms with E-state index in [0.717, 1.165) is 10.4 Å². The van der Waals surface area contributed by atoms with Crippen molar-refractivity contribution in [2.24, 2.45) is 11.8 Å². The molecule has 0 aliphatic carbocycles. The van der Waals surface area contributed by atoms with Crippen molar-refractivity contribution in [1.29, 1.82) is 0 Å². The van der Waals surface area contributed by atoms with E-state index in [2.05, 4.69) is 0 Å². The fourth-order valence-corrected chi connectivity index (χ4v) is 4.27. The number of halogens is 2. The van der Waals surface area contributed by atoms with E-state index in [9.17, 15) is 22.0 Å². The van der Waals surface area contributed by atoms with Gasteiger partial charge in [0.15, 0.2) is 0 Å². The first-order chi connectivity index (χ1) is 10.1. The number of carbonyl (C=O) groups is 1. The van der Waals surface area contributed by atoms with Crippen molar-refractivity contribution < 1.29 is 27.1 Å². The zero-order valence-corrected chi connectivity index (χ0v) is 13.0. The second kappa shape index (κ2) is 5.92. The SMILES string of the molecule is Cc1cc(F)c(S(=O)(=O)N2CCC(C(=O)O)C(C)C2)cc1F. The van der Waals surface area contributed by atoms with Crippen LogP contribution in [0.4, 0.5) is 8.78 Å². The molecule has 2 unspecified atom stereocenters. The standard InChI is InChI=1S/C14H17F2NO4S/c1-8-5-12(16)13(6-11(8)15)22(20,21)17-4-3-10(14(18)19)9(2)7-17/h5-6,9-10H,3-4,7H2,1-2H3,(H,18,19). The normalized spacial score (nSPS) is 23.5. The minimum Gasteiger partial charge on any atom is -0.481 e. The van der Waals surface area contributed by atoms with Crippen molar-refractivity contribution >= 4 is 16.0 Å². The van der Waals surface area contributed by atoms with Crippen molar-refractivity contribution in [3.63, 3.8) is 0 Å². The molecule has 0 radical (unpaired) electrons. The van der Waals surface area contributed by atoms with Crippen molar-refractivity contribution in [1.82, 2.24) is 4.31 Å². The highest BCUT2D eigenvalue weighted by atomic mass is 32.2. The summed E-state index contributed by atoms with van der Waals surface area (Å²) in [7, 11) is -4.19. The number of aryl methyl sites for hydroxylation is 1. The van der Waals surface area contributed by atoms with Crippen LogP contribution in [0.25, 0.3) is 0 Å². The molecule has 0 aromatic heterocycles. The molecule has 1 fully saturated rings. The van der Waals surface area contributed by atoms with E-state index in [4.69, 9.17) is 5.11 Å². The number of hydrogen-bond acceptors (Lipinski definition) is 3. The van der Waals surface area contributed by atoms with Crippen molar-refractivity contribution in [3.05, 3.63) is 29.3 Å². The van der Waals surface area contributed by atoms with E-state index >= 15 is 0 Å². The monoisotopic (exact) mass is 333 g/mol. The summed E-state index contributed by atoms with van der Waals surface area (Å²) in [5.74, 6) is -3.82. The van der Waals surface area contributed by atoms with Gasteiger partial charge in [0.25, 0.3) is 0 Å². The van der Waals surface area contributed by atoms with Crippen LogP contribution in [-0.4, -0.2) is 36.9 Å². The fraction of sp³-hybridized carbons (Fsp3) is 0.500. The van der Waals surface area contributed by atoms with Crippen LogP contribution in [0.15, 0.2) is 17.0 Å². The van der Waals surface area contributed by atoms with Gasteiger partial charge in [-0.3, -0.25) is 4.79 Å². The van der Waals surface area contributed by atoms with Crippen molar-refractivity contribution in [2.45, 2.75) is 25.2 Å². The van der Waals surface area contributed by atoms with Crippen LogP contribution >= 0.6 is 0 Å². The first kappa shape index (κ1) is 16.8. The quantitative estimate of drug-likeness (QED) is 0.918. The van der Waals surface area contributed by atoms with Crippen LogP contribution in [0.1, 0.15) is 18.9 Å². The Kier molecular flexibility index (Phi) is 4.53. The third-order valence-corrected chi connectivity index (χ3v) is 5.90. The van der Waals surface area contributed by atoms with Gasteiger partial charge < -0.3 is 5.11 Å². The maximum absolute atomic E-state index is 13.9. The van der Waals surface area contributed by atoms with E-state index in [1.54, 1.807) is 6.92 Å². The molecule has 1 aliphatic heterocycles. The molecule has 1 saturated heterocycles. The maximum atomic E-state index is 13.9. The Bertz CT molecular complexity index is 705. The van der Waals surface area contributed by atoms with Crippen LogP contribution in [-0.2, 0) is 14.8 Å². The van der Waals surface area contributed by atoms with Gasteiger partial charge in [-0.05, 0) is 37.0 Å². The number of sulfonamides is 1. The molecule has 1 N–H and O–H groups in total. The Labute approximate surface area is 127 Å². The lowest BCUT2D eigenvalue weighted by Crippen LogP contribution is -2.45. The number of hydrogen-bond donors (Lipinski definition) is 1. The van der Waals surface area contributed by atoms with Gasteiger partial charge in [0, 0.05) is 13.1 Å². The zero-order valence-electron chi connectivity index (χ0n) is 12.2. The van der Waals surface area contributed by atoms with Gasteiger partial charge in [-0.15, -0.1) is 0 Å². The Hall–Kier alpha value is -1.54. The largest absolute Gasteiger partial charge is 0.481 e. The number of benzene rings is 1. The molecule has 0 amide bonds. The summed E-state index contributed by atoms with van der Waals surface area (Å²) >= 11 is 0. The Balaban J connectivity index is 2.33. The molecule has 1 aromatic rings. The number of rotatable bonds is 3. The summed E-state index contributed by atoms with van der Waals surface area (Å²) < 4.78 is 53.4. The van der Waals surface area contributed by atoms with Crippen LogP contribution in [0.5, 0.6) is 0 Å². The topological polar surface area (TPSA) is 74.7 Å². The molecule has 22 heavy (non-hydrogen) atoms. The van der Waals surface area contributed by atoms with Gasteiger partial charge in [0.1, 0.15) is 16.5 Å². The summed E-state index contributed by atoms with van der Waals surface area (Å²) in [6.07, 6.45) is 0.145. The number of carboxylic acid groups (broad SMARTS) is 1. The first-order valence-corrected chi connectivity index (χ1v) is 8.27. The van der Waals surface area contributed by atoms with Crippen LogP contribution < -0.4 is 0 Å². The molecule has 0 saturated carbocycles. The highest BCUT2D eigenvalue weighted by molar-refractivity contribution is 7.89. The predicted octanol–water partition coefficient (Wildman–Crippen LogP) is 2.00. The highest BCUT2D eigenvalue weighted by Gasteiger charge is 2.37. The molecule has 122 valence electrons. The fourth-order valence-electron chi connectivity index (χ4n) is 2.66. The Morgan fingerprint density at radius 3 is 2.50 bits per heavy atom. The van der Waals surface area contributed by atoms with Gasteiger partial charge in [-0.2, -0.15) is 4.31 Å². The summed E-state index contributed by atoms with van der Waals surface area (Å²) in [6, 6.07) is 1.52. The number of piperidine rings is 1.